The van der Waals surface area contributed by atoms with Gasteiger partial charge in [-0.1, -0.05) is 0 Å². The summed E-state index contributed by atoms with van der Waals surface area (Å²) in [6.07, 6.45) is 16.2. The second kappa shape index (κ2) is 6.43. The average molecular weight is 311 g/mol. The van der Waals surface area contributed by atoms with Crippen LogP contribution >= 0.6 is 24.8 Å². The fourth-order valence-electron chi connectivity index (χ4n) is 1.81. The van der Waals surface area contributed by atoms with Crippen molar-refractivity contribution in [3.8, 4) is 0 Å². The summed E-state index contributed by atoms with van der Waals surface area (Å²) in [4.78, 5) is 0. The molecule has 0 saturated heterocycles. The van der Waals surface area contributed by atoms with E-state index in [-0.39, 0.29) is 24.8 Å². The second-order valence-corrected chi connectivity index (χ2v) is 23.2. The Hall–Kier alpha value is 0.688. The van der Waals surface area contributed by atoms with Gasteiger partial charge in [0.05, 0.1) is 0 Å². The van der Waals surface area contributed by atoms with Gasteiger partial charge in [0.1, 0.15) is 0 Å². The third kappa shape index (κ3) is 3.32. The molecule has 2 aliphatic carbocycles. The summed E-state index contributed by atoms with van der Waals surface area (Å²) in [5.74, 6) is 0. The van der Waals surface area contributed by atoms with Crippen LogP contribution in [0.5, 0.6) is 0 Å². The molecule has 2 rings (SSSR count). The van der Waals surface area contributed by atoms with Crippen LogP contribution in [0.1, 0.15) is 12.8 Å². The molecule has 0 unspecified atom stereocenters. The molecule has 0 aromatic carbocycles. The molecule has 0 amide bonds. The van der Waals surface area contributed by atoms with Gasteiger partial charge in [-0.25, -0.2) is 0 Å². The van der Waals surface area contributed by atoms with E-state index >= 15 is 0 Å². The molecule has 0 radical (unpaired) electrons. The quantitative estimate of drug-likeness (QED) is 0.682. The summed E-state index contributed by atoms with van der Waals surface area (Å²) < 4.78 is 3.51. The summed E-state index contributed by atoms with van der Waals surface area (Å²) in [5.41, 5.74) is 0. The first kappa shape index (κ1) is 15.7. The van der Waals surface area contributed by atoms with Crippen molar-refractivity contribution in [1.29, 1.82) is 0 Å². The van der Waals surface area contributed by atoms with Crippen molar-refractivity contribution in [2.45, 2.75) is 12.8 Å². The molecule has 2 aliphatic rings. The van der Waals surface area contributed by atoms with Crippen LogP contribution in [0.3, 0.4) is 0 Å². The van der Waals surface area contributed by atoms with Gasteiger partial charge in [-0.3, -0.25) is 0 Å². The Kier molecular flexibility index (Phi) is 6.72. The maximum atomic E-state index is 2.36. The first-order valence-corrected chi connectivity index (χ1v) is 14.2. The molecule has 15 heavy (non-hydrogen) atoms. The number of halogens is 2. The molecule has 0 atom stereocenters. The summed E-state index contributed by atoms with van der Waals surface area (Å²) in [6.45, 7) is 0. The number of hydrogen-bond acceptors (Lipinski definition) is 0. The minimum atomic E-state index is -1.71. The second-order valence-electron chi connectivity index (χ2n) is 3.73. The van der Waals surface area contributed by atoms with E-state index in [9.17, 15) is 0 Å². The molecule has 0 aromatic rings. The van der Waals surface area contributed by atoms with Crippen molar-refractivity contribution in [3.63, 3.8) is 0 Å². The fraction of sp³-hybridized carbons (Fsp3) is 0.200. The first-order valence-electron chi connectivity index (χ1n) is 4.64. The predicted octanol–water partition coefficient (Wildman–Crippen LogP) is 1.77. The third-order valence-electron chi connectivity index (χ3n) is 2.77. The van der Waals surface area contributed by atoms with Crippen LogP contribution in [0, 0.1) is 0 Å². The molecular weight excluding hydrogens is 295 g/mol. The molecule has 0 nitrogen and oxygen atoms in total. The van der Waals surface area contributed by atoms with E-state index in [1.54, 1.807) is 7.76 Å². The Morgan fingerprint density at radius 1 is 0.867 bits per heavy atom. The van der Waals surface area contributed by atoms with Crippen LogP contribution in [-0.4, -0.2) is 15.3 Å². The van der Waals surface area contributed by atoms with Crippen LogP contribution in [0.15, 0.2) is 44.2 Å². The number of hydrogen-bond donors (Lipinski definition) is 0. The predicted molar refractivity (Wildman–Crippen MR) is 75.3 cm³/mol. The molecule has 0 spiro atoms. The van der Waals surface area contributed by atoms with Crippen LogP contribution < -0.4 is 0 Å². The Morgan fingerprint density at radius 3 is 1.53 bits per heavy atom. The zero-order chi connectivity index (χ0) is 9.31. The van der Waals surface area contributed by atoms with Crippen molar-refractivity contribution in [2.24, 2.45) is 0 Å². The Morgan fingerprint density at radius 2 is 1.27 bits per heavy atom. The van der Waals surface area contributed by atoms with Crippen LogP contribution in [0.25, 0.3) is 0 Å². The summed E-state index contributed by atoms with van der Waals surface area (Å²) in [7, 11) is 4.60. The molecule has 0 heterocycles. The van der Waals surface area contributed by atoms with E-state index < -0.39 is 14.1 Å². The van der Waals surface area contributed by atoms with Crippen molar-refractivity contribution in [3.05, 3.63) is 44.2 Å². The normalized spacial score (nSPS) is 16.8. The molecule has 0 fully saturated rings. The molecule has 5 heteroatoms. The Bertz CT molecular complexity index is 406. The van der Waals surface area contributed by atoms with Crippen LogP contribution in [0.2, 0.25) is 0 Å². The van der Waals surface area contributed by atoms with Gasteiger partial charge in [0.2, 0.25) is 0 Å². The van der Waals surface area contributed by atoms with Gasteiger partial charge in [-0.05, 0) is 0 Å². The van der Waals surface area contributed by atoms with Gasteiger partial charge in [0.15, 0.2) is 0 Å². The summed E-state index contributed by atoms with van der Waals surface area (Å²) in [6, 6.07) is 0. The Balaban J connectivity index is 0.000000980. The average Bonchev–Trinajstić information content (AvgIpc) is 2.78. The van der Waals surface area contributed by atoms with Crippen LogP contribution in [0.4, 0.5) is 0 Å². The topological polar surface area (TPSA) is 0 Å². The van der Waals surface area contributed by atoms with Crippen molar-refractivity contribution >= 4 is 40.1 Å². The SMILES string of the molecule is Cl.Cl.[SiH2]=[Ti](=[SiH2])([C]1=CC=CC1)[C]1=CC=CC1. The van der Waals surface area contributed by atoms with E-state index in [0.29, 0.717) is 0 Å². The molecular formula is C10H16Cl2Si2Ti. The fourth-order valence-corrected chi connectivity index (χ4v) is 9.66. The van der Waals surface area contributed by atoms with Crippen molar-refractivity contribution in [1.82, 2.24) is 0 Å². The van der Waals surface area contributed by atoms with E-state index in [4.69, 9.17) is 0 Å². The van der Waals surface area contributed by atoms with Crippen molar-refractivity contribution in [2.75, 3.05) is 0 Å². The molecule has 0 bridgehead atoms. The monoisotopic (exact) mass is 310 g/mol. The van der Waals surface area contributed by atoms with E-state index in [0.717, 1.165) is 0 Å². The molecule has 82 valence electrons. The summed E-state index contributed by atoms with van der Waals surface area (Å²) >= 11 is -1.71. The van der Waals surface area contributed by atoms with Crippen LogP contribution in [-0.2, 0) is 14.1 Å². The summed E-state index contributed by atoms with van der Waals surface area (Å²) in [5, 5.41) is 0. The van der Waals surface area contributed by atoms with Gasteiger partial charge < -0.3 is 0 Å². The zero-order valence-electron chi connectivity index (χ0n) is 8.61. The maximum absolute atomic E-state index is 2.36. The standard InChI is InChI=1S/2C5H5.2ClH.2H2Si.Ti/c2*1-2-4-5-3-1;;;;;/h2*1-3H,4H2;2*1H;2*1H2;. The third-order valence-corrected chi connectivity index (χ3v) is 15.3. The van der Waals surface area contributed by atoms with Gasteiger partial charge in [0, 0.05) is 0 Å². The zero-order valence-corrected chi connectivity index (χ0v) is 14.6. The van der Waals surface area contributed by atoms with E-state index in [2.05, 4.69) is 51.7 Å². The molecule has 0 aliphatic heterocycles. The minimum absolute atomic E-state index is 0. The van der Waals surface area contributed by atoms with Gasteiger partial charge in [0.25, 0.3) is 0 Å². The van der Waals surface area contributed by atoms with E-state index in [1.807, 2.05) is 0 Å². The molecule has 0 saturated carbocycles. The number of allylic oxidation sites excluding steroid dienone is 8. The van der Waals surface area contributed by atoms with Crippen molar-refractivity contribution < 1.29 is 14.1 Å². The van der Waals surface area contributed by atoms with Gasteiger partial charge in [-0.2, -0.15) is 0 Å². The van der Waals surface area contributed by atoms with E-state index in [1.165, 1.54) is 12.8 Å². The Labute approximate surface area is 110 Å². The molecule has 0 N–H and O–H groups in total. The number of rotatable bonds is 2. The van der Waals surface area contributed by atoms with Gasteiger partial charge >= 0.3 is 86.4 Å². The molecule has 0 aromatic heterocycles. The van der Waals surface area contributed by atoms with Gasteiger partial charge in [-0.15, -0.1) is 24.8 Å². The first-order chi connectivity index (χ1) is 6.21.